The van der Waals surface area contributed by atoms with E-state index in [1.54, 1.807) is 6.08 Å². The van der Waals surface area contributed by atoms with E-state index in [1.807, 2.05) is 0 Å². The van der Waals surface area contributed by atoms with Gasteiger partial charge in [0.15, 0.2) is 25.2 Å². The molecule has 79 heavy (non-hydrogen) atoms. The van der Waals surface area contributed by atoms with Gasteiger partial charge in [-0.3, -0.25) is 28.2 Å². The van der Waals surface area contributed by atoms with E-state index in [0.29, 0.717) is 6.42 Å². The van der Waals surface area contributed by atoms with Crippen LogP contribution in [0.5, 0.6) is 0 Å². The minimum Gasteiger partial charge on any atom is -0.726 e. The normalized spacial score (nSPS) is 35.1. The van der Waals surface area contributed by atoms with E-state index >= 15 is 0 Å². The Hall–Kier alpha value is -2.90. The summed E-state index contributed by atoms with van der Waals surface area (Å²) >= 11 is 0. The number of esters is 1. The predicted octanol–water partition coefficient (Wildman–Crippen LogP) is -7.10. The number of aliphatic hydroxyl groups excluding tert-OH is 8. The molecule has 8 unspecified atom stereocenters. The molecular formula is C48H79N4NaO25S. The summed E-state index contributed by atoms with van der Waals surface area (Å²) in [6.45, 7) is 2.51. The number of ether oxygens (including phenoxy) is 8. The number of carbonyl (C=O) groups is 5. The van der Waals surface area contributed by atoms with Gasteiger partial charge in [-0.25, -0.2) is 8.42 Å². The Kier molecular flexibility index (Phi) is 30.9. The number of carbonyl (C=O) groups excluding carboxylic acids is 5. The second-order valence-corrected chi connectivity index (χ2v) is 20.4. The molecule has 0 bridgehead atoms. The van der Waals surface area contributed by atoms with Crippen molar-refractivity contribution in [2.24, 2.45) is 0 Å². The first kappa shape index (κ1) is 70.4. The van der Waals surface area contributed by atoms with Gasteiger partial charge in [-0.15, -0.1) is 0 Å². The molecule has 20 atom stereocenters. The second-order valence-electron chi connectivity index (χ2n) is 19.4. The standard InChI is InChI=1S/C48H80N4O25S.Na/c1-6-7-8-9-10-11-12-13-14-15-16-17-18-19-32(59)52-34-38(61)37(60)30(22-69-27(5)58)74-46(34)75-42-28(20-53)72-47(35(40(42)63)50-25(3)56)76-43-29(21-54)73-48(36(41(43)64)51-26(4)57)77-44-31(23-70-78(66,67)68)71-45(65)33(39(44)62)49-24(2)55;/h11-12,18-19,28-31,33-48,53-54,60-65H,6-10,13-17,20-23H2,1-5H3,(H,49,55)(H,50,56)(H,51,57)(H,52,59)(H,66,67,68);/q;+1/p-1/b12-11-,19-18+;/t28-,29?,30?,31-,33?,34?,35?,36?,37+,38+,39?,40?,41+,42+,43+,44+,45+,46-,47-,48-;/m0./s1. The fourth-order valence-electron chi connectivity index (χ4n) is 9.29. The van der Waals surface area contributed by atoms with Crippen LogP contribution in [0.2, 0.25) is 0 Å². The molecule has 0 aromatic rings. The third kappa shape index (κ3) is 22.0. The number of hydrogen-bond acceptors (Lipinski definition) is 25. The van der Waals surface area contributed by atoms with Crippen molar-refractivity contribution in [1.29, 1.82) is 0 Å². The summed E-state index contributed by atoms with van der Waals surface area (Å²) in [5, 5.41) is 99.2. The van der Waals surface area contributed by atoms with Gasteiger partial charge in [0.2, 0.25) is 34.0 Å². The maximum Gasteiger partial charge on any atom is 1.00 e. The molecule has 448 valence electrons. The molecule has 31 heteroatoms. The molecule has 0 spiro atoms. The third-order valence-electron chi connectivity index (χ3n) is 13.1. The zero-order valence-electron chi connectivity index (χ0n) is 45.2. The summed E-state index contributed by atoms with van der Waals surface area (Å²) in [7, 11) is -5.41. The predicted molar refractivity (Wildman–Crippen MR) is 263 cm³/mol. The van der Waals surface area contributed by atoms with E-state index in [4.69, 9.17) is 37.9 Å². The second kappa shape index (κ2) is 34.6. The summed E-state index contributed by atoms with van der Waals surface area (Å²) in [5.74, 6) is -3.95. The third-order valence-corrected chi connectivity index (χ3v) is 13.5. The van der Waals surface area contributed by atoms with Crippen molar-refractivity contribution in [3.05, 3.63) is 24.3 Å². The van der Waals surface area contributed by atoms with Crippen molar-refractivity contribution in [3.63, 3.8) is 0 Å². The van der Waals surface area contributed by atoms with Crippen LogP contribution in [0.4, 0.5) is 0 Å². The first-order chi connectivity index (χ1) is 36.9. The SMILES string of the molecule is CCCCCC/C=C\CCCCC/C=C/C(=O)NC1[C@H](O[C@H]2C(O)C(NC(C)=O)[C@H](O[C@@H]3C(CO)O[C@@H](O[C@H]4C(O)C(NC(C)=O)[C@H](O)O[C@H]4COS(=O)(=O)[O-])C(NC(C)=O)[C@H]3O)O[C@H]2CO)OC(COC(C)=O)[C@@H](O)[C@@H]1O.[Na+]. The van der Waals surface area contributed by atoms with Crippen LogP contribution in [0.1, 0.15) is 98.8 Å². The summed E-state index contributed by atoms with van der Waals surface area (Å²) in [6, 6.07) is -6.77. The van der Waals surface area contributed by atoms with Crippen molar-refractivity contribution < 1.29 is 149 Å². The molecule has 0 aromatic heterocycles. The molecule has 4 rings (SSSR count). The minimum absolute atomic E-state index is 0. The Morgan fingerprint density at radius 2 is 0.949 bits per heavy atom. The molecule has 12 N–H and O–H groups in total. The Labute approximate surface area is 480 Å². The van der Waals surface area contributed by atoms with Gasteiger partial charge in [0.1, 0.15) is 104 Å². The van der Waals surface area contributed by atoms with Crippen molar-refractivity contribution in [3.8, 4) is 0 Å². The monoisotopic (exact) mass is 1170 g/mol. The zero-order chi connectivity index (χ0) is 57.9. The zero-order valence-corrected chi connectivity index (χ0v) is 48.0. The number of aliphatic hydroxyl groups is 8. The molecule has 4 saturated heterocycles. The van der Waals surface area contributed by atoms with E-state index < -0.39 is 189 Å². The number of amides is 4. The number of rotatable bonds is 29. The summed E-state index contributed by atoms with van der Waals surface area (Å²) in [5.41, 5.74) is 0. The topological polar surface area (TPSA) is 436 Å². The Morgan fingerprint density at radius 3 is 1.39 bits per heavy atom. The molecule has 4 aliphatic rings. The van der Waals surface area contributed by atoms with Gasteiger partial charge in [-0.1, -0.05) is 50.8 Å². The van der Waals surface area contributed by atoms with Gasteiger partial charge in [-0.05, 0) is 44.6 Å². The van der Waals surface area contributed by atoms with Crippen LogP contribution in [-0.4, -0.2) is 232 Å². The number of unbranched alkanes of at least 4 members (excludes halogenated alkanes) is 8. The molecule has 29 nitrogen and oxygen atoms in total. The van der Waals surface area contributed by atoms with Gasteiger partial charge in [0.25, 0.3) is 0 Å². The molecule has 0 saturated carbocycles. The van der Waals surface area contributed by atoms with Crippen LogP contribution in [0.3, 0.4) is 0 Å². The molecule has 4 aliphatic heterocycles. The van der Waals surface area contributed by atoms with Crippen LogP contribution in [0.25, 0.3) is 0 Å². The smallest absolute Gasteiger partial charge is 0.726 e. The van der Waals surface area contributed by atoms with Gasteiger partial charge < -0.3 is 105 Å². The largest absolute Gasteiger partial charge is 1.00 e. The van der Waals surface area contributed by atoms with Crippen LogP contribution in [0.15, 0.2) is 24.3 Å². The van der Waals surface area contributed by atoms with E-state index in [0.717, 1.165) is 59.8 Å². The summed E-state index contributed by atoms with van der Waals surface area (Å²) in [4.78, 5) is 62.4. The minimum atomic E-state index is -5.41. The van der Waals surface area contributed by atoms with Crippen molar-refractivity contribution >= 4 is 40.0 Å². The van der Waals surface area contributed by atoms with Gasteiger partial charge >= 0.3 is 35.5 Å². The Morgan fingerprint density at radius 1 is 0.532 bits per heavy atom. The van der Waals surface area contributed by atoms with Gasteiger partial charge in [0, 0.05) is 27.7 Å². The maximum absolute atomic E-state index is 13.3. The number of allylic oxidation sites excluding steroid dienone is 3. The van der Waals surface area contributed by atoms with Crippen molar-refractivity contribution in [1.82, 2.24) is 21.3 Å². The van der Waals surface area contributed by atoms with Crippen LogP contribution in [-0.2, 0) is 76.4 Å². The number of hydrogen-bond donors (Lipinski definition) is 12. The van der Waals surface area contributed by atoms with E-state index in [2.05, 4.69) is 44.5 Å². The van der Waals surface area contributed by atoms with E-state index in [-0.39, 0.29) is 29.6 Å². The Balaban J connectivity index is 0.0000164. The molecule has 0 aliphatic carbocycles. The molecule has 4 fully saturated rings. The summed E-state index contributed by atoms with van der Waals surface area (Å²) in [6.07, 6.45) is -12.4. The first-order valence-electron chi connectivity index (χ1n) is 26.0. The maximum atomic E-state index is 13.3. The molecular weight excluding hydrogens is 1090 g/mol. The van der Waals surface area contributed by atoms with Gasteiger partial charge in [-0.2, -0.15) is 0 Å². The molecule has 4 heterocycles. The van der Waals surface area contributed by atoms with E-state index in [9.17, 15) is 77.8 Å². The molecule has 0 aromatic carbocycles. The fraction of sp³-hybridized carbons (Fsp3) is 0.812. The quantitative estimate of drug-likeness (QED) is 0.00630. The van der Waals surface area contributed by atoms with Crippen LogP contribution < -0.4 is 50.8 Å². The van der Waals surface area contributed by atoms with Crippen LogP contribution in [0, 0.1) is 0 Å². The fourth-order valence-corrected chi connectivity index (χ4v) is 9.59. The average molecular weight is 1170 g/mol. The van der Waals surface area contributed by atoms with Gasteiger partial charge in [0.05, 0.1) is 19.8 Å². The summed E-state index contributed by atoms with van der Waals surface area (Å²) < 4.78 is 84.9. The van der Waals surface area contributed by atoms with Crippen molar-refractivity contribution in [2.45, 2.75) is 221 Å². The average Bonchev–Trinajstić information content (AvgIpc) is 3.44. The molecule has 4 amide bonds. The van der Waals surface area contributed by atoms with Crippen LogP contribution >= 0.6 is 0 Å². The molecule has 0 radical (unpaired) electrons. The number of nitrogens with one attached hydrogen (secondary N) is 4. The Bertz CT molecular complexity index is 2080. The first-order valence-corrected chi connectivity index (χ1v) is 27.3. The van der Waals surface area contributed by atoms with Crippen molar-refractivity contribution in [2.75, 3.05) is 26.4 Å². The van der Waals surface area contributed by atoms with E-state index in [1.165, 1.54) is 31.8 Å².